The van der Waals surface area contributed by atoms with Crippen LogP contribution in [0.25, 0.3) is 0 Å². The van der Waals surface area contributed by atoms with Crippen LogP contribution in [0.2, 0.25) is 0 Å². The summed E-state index contributed by atoms with van der Waals surface area (Å²) in [6, 6.07) is 0.849. The maximum absolute atomic E-state index is 4.52. The molecule has 1 heterocycles. The number of hydrogen-bond donors (Lipinski definition) is 1. The normalized spacial score (nSPS) is 15.5. The number of unbranched alkanes of at least 4 members (excludes halogenated alkanes) is 2. The third-order valence-electron chi connectivity index (χ3n) is 3.35. The van der Waals surface area contributed by atoms with Crippen LogP contribution < -0.4 is 5.32 Å². The van der Waals surface area contributed by atoms with Gasteiger partial charge in [0.2, 0.25) is 0 Å². The van der Waals surface area contributed by atoms with Gasteiger partial charge in [0.1, 0.15) is 0 Å². The van der Waals surface area contributed by atoms with E-state index in [0.717, 1.165) is 22.8 Å². The molecular formula is C13H22BrN3. The number of hydrogen-bond acceptors (Lipinski definition) is 2. The van der Waals surface area contributed by atoms with E-state index < -0.39 is 0 Å². The number of aromatic nitrogens is 2. The van der Waals surface area contributed by atoms with Crippen LogP contribution in [0.3, 0.4) is 0 Å². The molecule has 0 bridgehead atoms. The molecule has 0 spiro atoms. The fraction of sp³-hybridized carbons (Fsp3) is 0.769. The predicted molar refractivity (Wildman–Crippen MR) is 74.3 cm³/mol. The second-order valence-electron chi connectivity index (χ2n) is 5.00. The second kappa shape index (κ2) is 6.01. The fourth-order valence-corrected chi connectivity index (χ4v) is 2.33. The minimum atomic E-state index is 0.849. The molecule has 0 amide bonds. The molecule has 1 aliphatic rings. The number of aryl methyl sites for hydroxylation is 2. The van der Waals surface area contributed by atoms with E-state index in [1.807, 2.05) is 6.92 Å². The number of rotatable bonds is 7. The molecule has 0 radical (unpaired) electrons. The number of halogens is 1. The lowest BCUT2D eigenvalue weighted by molar-refractivity contribution is 0.519. The molecule has 4 heteroatoms. The first-order valence-corrected chi connectivity index (χ1v) is 7.40. The first-order valence-electron chi connectivity index (χ1n) is 6.61. The van der Waals surface area contributed by atoms with Gasteiger partial charge in [0.05, 0.1) is 10.2 Å². The Hall–Kier alpha value is -0.350. The summed E-state index contributed by atoms with van der Waals surface area (Å²) in [5.41, 5.74) is 2.34. The molecule has 3 nitrogen and oxygen atoms in total. The maximum atomic E-state index is 4.52. The topological polar surface area (TPSA) is 29.9 Å². The molecule has 2 rings (SSSR count). The molecule has 0 atom stereocenters. The van der Waals surface area contributed by atoms with E-state index in [4.69, 9.17) is 0 Å². The van der Waals surface area contributed by atoms with E-state index in [0.29, 0.717) is 0 Å². The van der Waals surface area contributed by atoms with Crippen molar-refractivity contribution >= 4 is 15.9 Å². The lowest BCUT2D eigenvalue weighted by Crippen LogP contribution is -2.17. The van der Waals surface area contributed by atoms with E-state index in [2.05, 4.69) is 38.0 Å². The van der Waals surface area contributed by atoms with Crippen molar-refractivity contribution in [1.82, 2.24) is 15.1 Å². The third-order valence-corrected chi connectivity index (χ3v) is 4.50. The lowest BCUT2D eigenvalue weighted by atomic mass is 10.2. The summed E-state index contributed by atoms with van der Waals surface area (Å²) < 4.78 is 3.28. The van der Waals surface area contributed by atoms with Crippen LogP contribution in [0.15, 0.2) is 4.47 Å². The zero-order valence-electron chi connectivity index (χ0n) is 10.8. The molecule has 0 aromatic carbocycles. The van der Waals surface area contributed by atoms with Gasteiger partial charge in [-0.3, -0.25) is 4.68 Å². The summed E-state index contributed by atoms with van der Waals surface area (Å²) in [7, 11) is 0. The summed E-state index contributed by atoms with van der Waals surface area (Å²) >= 11 is 3.56. The molecule has 1 aromatic heterocycles. The van der Waals surface area contributed by atoms with Crippen LogP contribution in [0.5, 0.6) is 0 Å². The first-order chi connectivity index (χ1) is 8.18. The Labute approximate surface area is 112 Å². The third kappa shape index (κ3) is 3.81. The van der Waals surface area contributed by atoms with Crippen LogP contribution in [-0.4, -0.2) is 22.4 Å². The van der Waals surface area contributed by atoms with E-state index in [-0.39, 0.29) is 0 Å². The average molecular weight is 300 g/mol. The molecule has 0 saturated heterocycles. The fourth-order valence-electron chi connectivity index (χ4n) is 2.05. The average Bonchev–Trinajstić information content (AvgIpc) is 3.09. The Morgan fingerprint density at radius 3 is 2.65 bits per heavy atom. The summed E-state index contributed by atoms with van der Waals surface area (Å²) in [5, 5.41) is 8.07. The molecule has 96 valence electrons. The highest BCUT2D eigenvalue weighted by Gasteiger charge is 2.19. The number of nitrogens with one attached hydrogen (secondary N) is 1. The standard InChI is InChI=1S/C13H22BrN3/c1-10-13(14)11(2)17(16-10)9-5-3-4-8-15-12-6-7-12/h12,15H,3-9H2,1-2H3. The lowest BCUT2D eigenvalue weighted by Gasteiger charge is -2.05. The highest BCUT2D eigenvalue weighted by Crippen LogP contribution is 2.20. The van der Waals surface area contributed by atoms with Gasteiger partial charge >= 0.3 is 0 Å². The van der Waals surface area contributed by atoms with Gasteiger partial charge in [-0.05, 0) is 62.0 Å². The number of nitrogens with zero attached hydrogens (tertiary/aromatic N) is 2. The Kier molecular flexibility index (Phi) is 4.62. The van der Waals surface area contributed by atoms with E-state index in [1.165, 1.54) is 44.3 Å². The molecule has 1 saturated carbocycles. The Balaban J connectivity index is 1.61. The minimum absolute atomic E-state index is 0.849. The molecule has 0 aliphatic heterocycles. The molecule has 17 heavy (non-hydrogen) atoms. The van der Waals surface area contributed by atoms with Crippen molar-refractivity contribution in [2.75, 3.05) is 6.54 Å². The minimum Gasteiger partial charge on any atom is -0.314 e. The quantitative estimate of drug-likeness (QED) is 0.784. The van der Waals surface area contributed by atoms with Crippen molar-refractivity contribution < 1.29 is 0 Å². The van der Waals surface area contributed by atoms with Crippen molar-refractivity contribution in [1.29, 1.82) is 0 Å². The highest BCUT2D eigenvalue weighted by atomic mass is 79.9. The smallest absolute Gasteiger partial charge is 0.0738 e. The van der Waals surface area contributed by atoms with E-state index >= 15 is 0 Å². The maximum Gasteiger partial charge on any atom is 0.0738 e. The SMILES string of the molecule is Cc1nn(CCCCCNC2CC2)c(C)c1Br. The molecule has 0 unspecified atom stereocenters. The van der Waals surface area contributed by atoms with Crippen molar-refractivity contribution in [3.8, 4) is 0 Å². The van der Waals surface area contributed by atoms with E-state index in [9.17, 15) is 0 Å². The van der Waals surface area contributed by atoms with Gasteiger partial charge in [0, 0.05) is 18.3 Å². The van der Waals surface area contributed by atoms with E-state index in [1.54, 1.807) is 0 Å². The first kappa shape index (κ1) is 13.1. The molecule has 1 N–H and O–H groups in total. The van der Waals surface area contributed by atoms with Gasteiger partial charge in [-0.15, -0.1) is 0 Å². The summed E-state index contributed by atoms with van der Waals surface area (Å²) in [6.45, 7) is 6.40. The Morgan fingerprint density at radius 1 is 1.29 bits per heavy atom. The van der Waals surface area contributed by atoms with Gasteiger partial charge in [-0.25, -0.2) is 0 Å². The van der Waals surface area contributed by atoms with Gasteiger partial charge in [-0.2, -0.15) is 5.10 Å². The van der Waals surface area contributed by atoms with Crippen LogP contribution in [0.4, 0.5) is 0 Å². The monoisotopic (exact) mass is 299 g/mol. The van der Waals surface area contributed by atoms with Crippen molar-refractivity contribution in [3.63, 3.8) is 0 Å². The summed E-state index contributed by atoms with van der Waals surface area (Å²) in [4.78, 5) is 0. The molecular weight excluding hydrogens is 278 g/mol. The van der Waals surface area contributed by atoms with Gasteiger partial charge < -0.3 is 5.32 Å². The zero-order valence-corrected chi connectivity index (χ0v) is 12.4. The van der Waals surface area contributed by atoms with Gasteiger partial charge in [0.15, 0.2) is 0 Å². The Morgan fingerprint density at radius 2 is 2.06 bits per heavy atom. The van der Waals surface area contributed by atoms with Gasteiger partial charge in [0.25, 0.3) is 0 Å². The second-order valence-corrected chi connectivity index (χ2v) is 5.79. The Bertz CT molecular complexity index is 369. The van der Waals surface area contributed by atoms with Crippen LogP contribution in [0, 0.1) is 13.8 Å². The zero-order chi connectivity index (χ0) is 12.3. The van der Waals surface area contributed by atoms with Crippen molar-refractivity contribution in [3.05, 3.63) is 15.9 Å². The highest BCUT2D eigenvalue weighted by molar-refractivity contribution is 9.10. The van der Waals surface area contributed by atoms with Crippen molar-refractivity contribution in [2.24, 2.45) is 0 Å². The van der Waals surface area contributed by atoms with Crippen LogP contribution in [-0.2, 0) is 6.54 Å². The molecule has 1 fully saturated rings. The van der Waals surface area contributed by atoms with Gasteiger partial charge in [-0.1, -0.05) is 6.42 Å². The summed E-state index contributed by atoms with van der Waals surface area (Å²) in [6.07, 6.45) is 6.58. The molecule has 1 aromatic rings. The van der Waals surface area contributed by atoms with Crippen LogP contribution >= 0.6 is 15.9 Å². The largest absolute Gasteiger partial charge is 0.314 e. The van der Waals surface area contributed by atoms with Crippen molar-refractivity contribution in [2.45, 2.75) is 58.5 Å². The molecule has 1 aliphatic carbocycles. The predicted octanol–water partition coefficient (Wildman–Crippen LogP) is 3.18. The summed E-state index contributed by atoms with van der Waals surface area (Å²) in [5.74, 6) is 0. The van der Waals surface area contributed by atoms with Crippen LogP contribution in [0.1, 0.15) is 43.5 Å².